The Bertz CT molecular complexity index is 290. The quantitative estimate of drug-likeness (QED) is 0.746. The average Bonchev–Trinajstić information content (AvgIpc) is 2.54. The van der Waals surface area contributed by atoms with Crippen LogP contribution in [-0.2, 0) is 5.60 Å². The fourth-order valence-electron chi connectivity index (χ4n) is 1.54. The van der Waals surface area contributed by atoms with E-state index < -0.39 is 5.60 Å². The van der Waals surface area contributed by atoms with E-state index in [4.69, 9.17) is 0 Å². The lowest BCUT2D eigenvalue weighted by Gasteiger charge is -2.21. The summed E-state index contributed by atoms with van der Waals surface area (Å²) in [5, 5.41) is 10.1. The van der Waals surface area contributed by atoms with Crippen LogP contribution >= 0.6 is 11.8 Å². The molecule has 1 heterocycles. The van der Waals surface area contributed by atoms with Crippen molar-refractivity contribution in [2.24, 2.45) is 0 Å². The lowest BCUT2D eigenvalue weighted by molar-refractivity contribution is 0.0657. The maximum atomic E-state index is 12.6. The smallest absolute Gasteiger partial charge is 0.123 e. The molecule has 1 aromatic carbocycles. The first-order valence-electron chi connectivity index (χ1n) is 4.27. The van der Waals surface area contributed by atoms with Gasteiger partial charge in [0.2, 0.25) is 0 Å². The van der Waals surface area contributed by atoms with Gasteiger partial charge in [-0.1, -0.05) is 12.1 Å². The van der Waals surface area contributed by atoms with Crippen LogP contribution in [0.15, 0.2) is 24.3 Å². The molecule has 1 aliphatic rings. The molecular formula is C10H11FOS. The van der Waals surface area contributed by atoms with E-state index >= 15 is 0 Å². The summed E-state index contributed by atoms with van der Waals surface area (Å²) >= 11 is 1.74. The Morgan fingerprint density at radius 3 is 2.54 bits per heavy atom. The minimum atomic E-state index is -0.724. The van der Waals surface area contributed by atoms with E-state index in [0.717, 1.165) is 23.5 Å². The van der Waals surface area contributed by atoms with Crippen LogP contribution in [0, 0.1) is 5.82 Å². The lowest BCUT2D eigenvalue weighted by Crippen LogP contribution is -2.24. The van der Waals surface area contributed by atoms with Crippen molar-refractivity contribution in [3.8, 4) is 0 Å². The Kier molecular flexibility index (Phi) is 2.30. The van der Waals surface area contributed by atoms with Gasteiger partial charge < -0.3 is 5.11 Å². The summed E-state index contributed by atoms with van der Waals surface area (Å²) in [7, 11) is 0. The molecule has 1 fully saturated rings. The molecule has 0 amide bonds. The van der Waals surface area contributed by atoms with Gasteiger partial charge in [-0.25, -0.2) is 4.39 Å². The molecule has 0 aromatic heterocycles. The van der Waals surface area contributed by atoms with Gasteiger partial charge in [-0.3, -0.25) is 0 Å². The number of aliphatic hydroxyl groups is 1. The summed E-state index contributed by atoms with van der Waals surface area (Å²) < 4.78 is 12.6. The summed E-state index contributed by atoms with van der Waals surface area (Å²) in [4.78, 5) is 0. The third-order valence-electron chi connectivity index (χ3n) is 2.38. The molecule has 0 aliphatic carbocycles. The molecule has 70 valence electrons. The van der Waals surface area contributed by atoms with Crippen LogP contribution < -0.4 is 0 Å². The zero-order chi connectivity index (χ0) is 9.31. The standard InChI is InChI=1S/C10H11FOS/c11-9-3-1-8(2-4-9)10(12)5-6-13-7-10/h1-4,12H,5-7H2/t10-/m1/s1. The summed E-state index contributed by atoms with van der Waals surface area (Å²) in [5.74, 6) is 1.45. The molecule has 1 aliphatic heterocycles. The molecule has 1 atom stereocenters. The Balaban J connectivity index is 2.29. The lowest BCUT2D eigenvalue weighted by atomic mass is 9.93. The molecule has 13 heavy (non-hydrogen) atoms. The van der Waals surface area contributed by atoms with Crippen molar-refractivity contribution in [2.45, 2.75) is 12.0 Å². The average molecular weight is 198 g/mol. The van der Waals surface area contributed by atoms with E-state index in [1.807, 2.05) is 0 Å². The fourth-order valence-corrected chi connectivity index (χ4v) is 2.82. The van der Waals surface area contributed by atoms with Gasteiger partial charge in [-0.15, -0.1) is 0 Å². The van der Waals surface area contributed by atoms with Crippen LogP contribution in [0.3, 0.4) is 0 Å². The van der Waals surface area contributed by atoms with Gasteiger partial charge in [-0.05, 0) is 29.9 Å². The van der Waals surface area contributed by atoms with E-state index in [1.54, 1.807) is 23.9 Å². The Hall–Kier alpha value is -0.540. The van der Waals surface area contributed by atoms with Gasteiger partial charge in [0.25, 0.3) is 0 Å². The van der Waals surface area contributed by atoms with Crippen LogP contribution in [0.2, 0.25) is 0 Å². The topological polar surface area (TPSA) is 20.2 Å². The van der Waals surface area contributed by atoms with Gasteiger partial charge in [0.05, 0.1) is 5.60 Å². The highest BCUT2D eigenvalue weighted by atomic mass is 32.2. The summed E-state index contributed by atoms with van der Waals surface area (Å²) in [6, 6.07) is 6.13. The van der Waals surface area contributed by atoms with Gasteiger partial charge in [0.1, 0.15) is 5.82 Å². The zero-order valence-corrected chi connectivity index (χ0v) is 7.98. The first kappa shape index (κ1) is 9.03. The summed E-state index contributed by atoms with van der Waals surface area (Å²) in [6.45, 7) is 0. The van der Waals surface area contributed by atoms with Crippen molar-refractivity contribution in [3.05, 3.63) is 35.6 Å². The van der Waals surface area contributed by atoms with Crippen molar-refractivity contribution in [2.75, 3.05) is 11.5 Å². The number of thioether (sulfide) groups is 1. The van der Waals surface area contributed by atoms with Crippen molar-refractivity contribution in [3.63, 3.8) is 0 Å². The minimum Gasteiger partial charge on any atom is -0.384 e. The number of hydrogen-bond acceptors (Lipinski definition) is 2. The van der Waals surface area contributed by atoms with E-state index in [-0.39, 0.29) is 5.82 Å². The molecule has 1 saturated heterocycles. The van der Waals surface area contributed by atoms with E-state index in [1.165, 1.54) is 12.1 Å². The predicted octanol–water partition coefficient (Wildman–Crippen LogP) is 2.15. The molecule has 0 bridgehead atoms. The normalized spacial score (nSPS) is 27.8. The van der Waals surface area contributed by atoms with Crippen molar-refractivity contribution in [1.29, 1.82) is 0 Å². The zero-order valence-electron chi connectivity index (χ0n) is 7.16. The third kappa shape index (κ3) is 1.71. The minimum absolute atomic E-state index is 0.252. The first-order chi connectivity index (χ1) is 6.21. The van der Waals surface area contributed by atoms with E-state index in [9.17, 15) is 9.50 Å². The highest BCUT2D eigenvalue weighted by Crippen LogP contribution is 2.36. The molecule has 0 radical (unpaired) electrons. The van der Waals surface area contributed by atoms with Crippen LogP contribution in [0.25, 0.3) is 0 Å². The second kappa shape index (κ2) is 3.31. The molecule has 1 aromatic rings. The maximum absolute atomic E-state index is 12.6. The predicted molar refractivity (Wildman–Crippen MR) is 52.2 cm³/mol. The van der Waals surface area contributed by atoms with Crippen LogP contribution in [-0.4, -0.2) is 16.6 Å². The molecule has 0 saturated carbocycles. The van der Waals surface area contributed by atoms with Crippen LogP contribution in [0.5, 0.6) is 0 Å². The molecule has 1 N–H and O–H groups in total. The molecule has 0 unspecified atom stereocenters. The summed E-state index contributed by atoms with van der Waals surface area (Å²) in [6.07, 6.45) is 0.767. The molecule has 3 heteroatoms. The fraction of sp³-hybridized carbons (Fsp3) is 0.400. The van der Waals surface area contributed by atoms with Gasteiger partial charge in [-0.2, -0.15) is 11.8 Å². The van der Waals surface area contributed by atoms with Crippen molar-refractivity contribution < 1.29 is 9.50 Å². The van der Waals surface area contributed by atoms with Crippen molar-refractivity contribution >= 4 is 11.8 Å². The Morgan fingerprint density at radius 1 is 1.31 bits per heavy atom. The van der Waals surface area contributed by atoms with Gasteiger partial charge >= 0.3 is 0 Å². The molecule has 0 spiro atoms. The second-order valence-electron chi connectivity index (χ2n) is 3.34. The number of hydrogen-bond donors (Lipinski definition) is 1. The van der Waals surface area contributed by atoms with Gasteiger partial charge in [0.15, 0.2) is 0 Å². The first-order valence-corrected chi connectivity index (χ1v) is 5.42. The third-order valence-corrected chi connectivity index (χ3v) is 3.56. The SMILES string of the molecule is O[C@]1(c2ccc(F)cc2)CCSC1. The van der Waals surface area contributed by atoms with E-state index in [0.29, 0.717) is 0 Å². The highest BCUT2D eigenvalue weighted by molar-refractivity contribution is 7.99. The Morgan fingerprint density at radius 2 is 2.00 bits per heavy atom. The summed E-state index contributed by atoms with van der Waals surface area (Å²) in [5.41, 5.74) is 0.108. The molecular weight excluding hydrogens is 187 g/mol. The largest absolute Gasteiger partial charge is 0.384 e. The molecule has 1 nitrogen and oxygen atoms in total. The van der Waals surface area contributed by atoms with Crippen LogP contribution in [0.4, 0.5) is 4.39 Å². The van der Waals surface area contributed by atoms with Crippen LogP contribution in [0.1, 0.15) is 12.0 Å². The highest BCUT2D eigenvalue weighted by Gasteiger charge is 2.33. The van der Waals surface area contributed by atoms with Gasteiger partial charge in [0, 0.05) is 5.75 Å². The number of benzene rings is 1. The number of halogens is 1. The maximum Gasteiger partial charge on any atom is 0.123 e. The monoisotopic (exact) mass is 198 g/mol. The molecule has 2 rings (SSSR count). The van der Waals surface area contributed by atoms with E-state index in [2.05, 4.69) is 0 Å². The number of rotatable bonds is 1. The van der Waals surface area contributed by atoms with Crippen molar-refractivity contribution in [1.82, 2.24) is 0 Å². The second-order valence-corrected chi connectivity index (χ2v) is 4.45. The Labute approximate surface area is 81.0 Å².